The van der Waals surface area contributed by atoms with Crippen molar-refractivity contribution in [2.75, 3.05) is 23.9 Å². The first kappa shape index (κ1) is 10.4. The Morgan fingerprint density at radius 1 is 1.20 bits per heavy atom. The van der Waals surface area contributed by atoms with Gasteiger partial charge in [-0.05, 0) is 30.7 Å². The fourth-order valence-electron chi connectivity index (χ4n) is 1.53. The topological polar surface area (TPSA) is 63.4 Å². The van der Waals surface area contributed by atoms with Gasteiger partial charge in [0.15, 0.2) is 9.84 Å². The highest BCUT2D eigenvalue weighted by Crippen LogP contribution is 2.22. The molecular weight excluding hydrogens is 212 g/mol. The normalized spacial score (nSPS) is 16.2. The summed E-state index contributed by atoms with van der Waals surface area (Å²) in [5.41, 5.74) is 6.26. The standard InChI is InChI=1S/C10H14N2O2S/c11-8-15(13,14)10-4-2-9(3-5-10)12-6-1-7-12/h2-5H,1,6-8,11H2. The lowest BCUT2D eigenvalue weighted by Crippen LogP contribution is -2.36. The molecule has 0 saturated carbocycles. The van der Waals surface area contributed by atoms with Crippen LogP contribution in [0.4, 0.5) is 5.69 Å². The van der Waals surface area contributed by atoms with Crippen molar-refractivity contribution >= 4 is 15.5 Å². The molecule has 1 aliphatic rings. The molecule has 0 radical (unpaired) electrons. The second-order valence-corrected chi connectivity index (χ2v) is 5.65. The van der Waals surface area contributed by atoms with Crippen molar-refractivity contribution in [1.82, 2.24) is 0 Å². The number of nitrogens with zero attached hydrogens (tertiary/aromatic N) is 1. The van der Waals surface area contributed by atoms with Crippen molar-refractivity contribution in [3.05, 3.63) is 24.3 Å². The van der Waals surface area contributed by atoms with Gasteiger partial charge in [0, 0.05) is 18.8 Å². The van der Waals surface area contributed by atoms with E-state index in [9.17, 15) is 8.42 Å². The average Bonchev–Trinajstić information content (AvgIpc) is 2.16. The van der Waals surface area contributed by atoms with E-state index in [2.05, 4.69) is 4.90 Å². The summed E-state index contributed by atoms with van der Waals surface area (Å²) in [5, 5.41) is 0. The van der Waals surface area contributed by atoms with Crippen LogP contribution in [0.2, 0.25) is 0 Å². The van der Waals surface area contributed by atoms with E-state index in [0.717, 1.165) is 18.8 Å². The van der Waals surface area contributed by atoms with Crippen LogP contribution in [0.15, 0.2) is 29.2 Å². The molecule has 2 N–H and O–H groups in total. The van der Waals surface area contributed by atoms with Crippen LogP contribution in [0.1, 0.15) is 6.42 Å². The predicted octanol–water partition coefficient (Wildman–Crippen LogP) is 0.587. The fourth-order valence-corrected chi connectivity index (χ4v) is 2.28. The first-order chi connectivity index (χ1) is 7.13. The maximum Gasteiger partial charge on any atom is 0.191 e. The minimum atomic E-state index is -3.27. The van der Waals surface area contributed by atoms with E-state index in [-0.39, 0.29) is 5.88 Å². The van der Waals surface area contributed by atoms with E-state index in [1.807, 2.05) is 12.1 Å². The molecule has 15 heavy (non-hydrogen) atoms. The van der Waals surface area contributed by atoms with Crippen LogP contribution in [0, 0.1) is 0 Å². The Hall–Kier alpha value is -1.07. The van der Waals surface area contributed by atoms with Gasteiger partial charge in [-0.2, -0.15) is 0 Å². The molecule has 4 nitrogen and oxygen atoms in total. The molecule has 0 unspecified atom stereocenters. The summed E-state index contributed by atoms with van der Waals surface area (Å²) in [6.45, 7) is 2.12. The quantitative estimate of drug-likeness (QED) is 0.819. The maximum atomic E-state index is 11.4. The molecule has 82 valence electrons. The first-order valence-electron chi connectivity index (χ1n) is 4.91. The Morgan fingerprint density at radius 2 is 1.80 bits per heavy atom. The highest BCUT2D eigenvalue weighted by atomic mass is 32.2. The Bertz CT molecular complexity index is 435. The van der Waals surface area contributed by atoms with Crippen LogP contribution in [0.3, 0.4) is 0 Å². The Balaban J connectivity index is 2.24. The molecule has 1 aliphatic heterocycles. The van der Waals surface area contributed by atoms with Gasteiger partial charge in [-0.1, -0.05) is 0 Å². The molecule has 0 aliphatic carbocycles. The number of benzene rings is 1. The third-order valence-corrected chi connectivity index (χ3v) is 4.07. The zero-order valence-corrected chi connectivity index (χ0v) is 9.20. The van der Waals surface area contributed by atoms with Gasteiger partial charge in [-0.25, -0.2) is 8.42 Å². The van der Waals surface area contributed by atoms with Crippen LogP contribution < -0.4 is 10.6 Å². The molecule has 0 bridgehead atoms. The molecule has 1 fully saturated rings. The minimum Gasteiger partial charge on any atom is -0.371 e. The van der Waals surface area contributed by atoms with Gasteiger partial charge < -0.3 is 10.6 Å². The molecule has 0 spiro atoms. The molecule has 1 aromatic carbocycles. The van der Waals surface area contributed by atoms with Crippen molar-refractivity contribution in [2.24, 2.45) is 5.73 Å². The molecule has 0 atom stereocenters. The van der Waals surface area contributed by atoms with E-state index in [0.29, 0.717) is 4.90 Å². The van der Waals surface area contributed by atoms with Crippen LogP contribution in [-0.4, -0.2) is 27.4 Å². The maximum absolute atomic E-state index is 11.4. The van der Waals surface area contributed by atoms with Gasteiger partial charge in [-0.15, -0.1) is 0 Å². The summed E-state index contributed by atoms with van der Waals surface area (Å²) in [7, 11) is -3.27. The fraction of sp³-hybridized carbons (Fsp3) is 0.400. The second kappa shape index (κ2) is 3.83. The summed E-state index contributed by atoms with van der Waals surface area (Å²) >= 11 is 0. The summed E-state index contributed by atoms with van der Waals surface area (Å²) in [4.78, 5) is 2.51. The van der Waals surface area contributed by atoms with Crippen LogP contribution in [-0.2, 0) is 9.84 Å². The lowest BCUT2D eigenvalue weighted by atomic mass is 10.2. The van der Waals surface area contributed by atoms with E-state index in [1.54, 1.807) is 12.1 Å². The lowest BCUT2D eigenvalue weighted by molar-refractivity contribution is 0.596. The SMILES string of the molecule is NCS(=O)(=O)c1ccc(N2CCC2)cc1. The highest BCUT2D eigenvalue weighted by molar-refractivity contribution is 7.91. The lowest BCUT2D eigenvalue weighted by Gasteiger charge is -2.33. The summed E-state index contributed by atoms with van der Waals surface area (Å²) in [6.07, 6.45) is 1.21. The zero-order chi connectivity index (χ0) is 10.9. The summed E-state index contributed by atoms with van der Waals surface area (Å²) in [6, 6.07) is 6.91. The van der Waals surface area contributed by atoms with Crippen molar-refractivity contribution in [1.29, 1.82) is 0 Å². The molecule has 2 rings (SSSR count). The highest BCUT2D eigenvalue weighted by Gasteiger charge is 2.16. The summed E-state index contributed by atoms with van der Waals surface area (Å²) in [5.74, 6) is -0.337. The number of sulfone groups is 1. The summed E-state index contributed by atoms with van der Waals surface area (Å²) < 4.78 is 22.9. The number of hydrogen-bond acceptors (Lipinski definition) is 4. The van der Waals surface area contributed by atoms with Gasteiger partial charge in [0.25, 0.3) is 0 Å². The van der Waals surface area contributed by atoms with Crippen LogP contribution in [0.25, 0.3) is 0 Å². The van der Waals surface area contributed by atoms with Crippen molar-refractivity contribution in [3.63, 3.8) is 0 Å². The van der Waals surface area contributed by atoms with Crippen molar-refractivity contribution in [2.45, 2.75) is 11.3 Å². The first-order valence-corrected chi connectivity index (χ1v) is 6.56. The zero-order valence-electron chi connectivity index (χ0n) is 8.39. The third-order valence-electron chi connectivity index (χ3n) is 2.64. The van der Waals surface area contributed by atoms with E-state index >= 15 is 0 Å². The predicted molar refractivity (Wildman–Crippen MR) is 59.5 cm³/mol. The van der Waals surface area contributed by atoms with Crippen molar-refractivity contribution < 1.29 is 8.42 Å². The molecule has 1 heterocycles. The second-order valence-electron chi connectivity index (χ2n) is 3.62. The van der Waals surface area contributed by atoms with E-state index < -0.39 is 9.84 Å². The van der Waals surface area contributed by atoms with Gasteiger partial charge in [0.1, 0.15) is 5.88 Å². The van der Waals surface area contributed by atoms with Crippen molar-refractivity contribution in [3.8, 4) is 0 Å². The molecule has 1 saturated heterocycles. The van der Waals surface area contributed by atoms with Crippen LogP contribution in [0.5, 0.6) is 0 Å². The smallest absolute Gasteiger partial charge is 0.191 e. The minimum absolute atomic E-state index is 0.300. The Morgan fingerprint density at radius 3 is 2.20 bits per heavy atom. The number of nitrogens with two attached hydrogens (primary N) is 1. The van der Waals surface area contributed by atoms with Crippen LogP contribution >= 0.6 is 0 Å². The Kier molecular flexibility index (Phi) is 2.67. The van der Waals surface area contributed by atoms with E-state index in [1.165, 1.54) is 6.42 Å². The average molecular weight is 226 g/mol. The molecular formula is C10H14N2O2S. The van der Waals surface area contributed by atoms with Gasteiger partial charge in [-0.3, -0.25) is 0 Å². The largest absolute Gasteiger partial charge is 0.371 e. The van der Waals surface area contributed by atoms with Gasteiger partial charge >= 0.3 is 0 Å². The van der Waals surface area contributed by atoms with Gasteiger partial charge in [0.05, 0.1) is 4.90 Å². The number of rotatable bonds is 3. The van der Waals surface area contributed by atoms with Gasteiger partial charge in [0.2, 0.25) is 0 Å². The van der Waals surface area contributed by atoms with E-state index in [4.69, 9.17) is 5.73 Å². The number of hydrogen-bond donors (Lipinski definition) is 1. The Labute approximate surface area is 89.6 Å². The molecule has 0 amide bonds. The molecule has 0 aromatic heterocycles. The molecule has 5 heteroatoms. The number of anilines is 1. The molecule has 1 aromatic rings. The monoisotopic (exact) mass is 226 g/mol. The third kappa shape index (κ3) is 1.98.